The molecule has 1 amide bonds. The van der Waals surface area contributed by atoms with Crippen LogP contribution in [0.15, 0.2) is 53.3 Å². The number of rotatable bonds is 3. The smallest absolute Gasteiger partial charge is 0.261 e. The number of anilines is 1. The Morgan fingerprint density at radius 1 is 1.09 bits per heavy atom. The van der Waals surface area contributed by atoms with Crippen molar-refractivity contribution in [2.75, 3.05) is 5.32 Å². The number of nitrogens with zero attached hydrogens (tertiary/aromatic N) is 2. The quantitative estimate of drug-likeness (QED) is 0.809. The van der Waals surface area contributed by atoms with Gasteiger partial charge in [-0.15, -0.1) is 0 Å². The van der Waals surface area contributed by atoms with E-state index in [-0.39, 0.29) is 18.0 Å². The molecule has 3 aromatic rings. The molecular formula is C18H17N3O2. The van der Waals surface area contributed by atoms with E-state index in [1.165, 1.54) is 4.57 Å². The Morgan fingerprint density at radius 3 is 2.52 bits per heavy atom. The molecule has 0 saturated heterocycles. The van der Waals surface area contributed by atoms with Gasteiger partial charge in [0.25, 0.3) is 5.56 Å². The predicted octanol–water partition coefficient (Wildman–Crippen LogP) is 2.65. The number of amides is 1. The van der Waals surface area contributed by atoms with Crippen LogP contribution < -0.4 is 10.9 Å². The molecular weight excluding hydrogens is 290 g/mol. The van der Waals surface area contributed by atoms with Crippen molar-refractivity contribution in [1.29, 1.82) is 0 Å². The van der Waals surface area contributed by atoms with Crippen LogP contribution in [0.25, 0.3) is 10.9 Å². The van der Waals surface area contributed by atoms with Gasteiger partial charge >= 0.3 is 0 Å². The van der Waals surface area contributed by atoms with Crippen LogP contribution in [0.5, 0.6) is 0 Å². The van der Waals surface area contributed by atoms with Crippen molar-refractivity contribution in [2.24, 2.45) is 0 Å². The summed E-state index contributed by atoms with van der Waals surface area (Å²) in [5, 5.41) is 3.31. The Labute approximate surface area is 133 Å². The van der Waals surface area contributed by atoms with Crippen LogP contribution >= 0.6 is 0 Å². The van der Waals surface area contributed by atoms with Crippen LogP contribution in [0, 0.1) is 13.8 Å². The number of aromatic nitrogens is 2. The largest absolute Gasteiger partial charge is 0.325 e. The Balaban J connectivity index is 1.87. The number of para-hydroxylation sites is 1. The minimum absolute atomic E-state index is 0.0591. The maximum Gasteiger partial charge on any atom is 0.261 e. The van der Waals surface area contributed by atoms with E-state index in [1.54, 1.807) is 25.1 Å². The fourth-order valence-corrected chi connectivity index (χ4v) is 2.45. The van der Waals surface area contributed by atoms with Gasteiger partial charge in [-0.25, -0.2) is 4.98 Å². The minimum atomic E-state index is -0.254. The summed E-state index contributed by atoms with van der Waals surface area (Å²) in [6.45, 7) is 3.65. The van der Waals surface area contributed by atoms with E-state index in [4.69, 9.17) is 0 Å². The number of fused-ring (bicyclic) bond motifs is 1. The van der Waals surface area contributed by atoms with Gasteiger partial charge in [-0.05, 0) is 38.1 Å². The second-order valence-electron chi connectivity index (χ2n) is 5.48. The van der Waals surface area contributed by atoms with Crippen molar-refractivity contribution in [1.82, 2.24) is 9.55 Å². The highest BCUT2D eigenvalue weighted by molar-refractivity contribution is 5.90. The maximum absolute atomic E-state index is 12.5. The van der Waals surface area contributed by atoms with E-state index >= 15 is 0 Å². The van der Waals surface area contributed by atoms with Crippen LogP contribution in [0.4, 0.5) is 5.69 Å². The van der Waals surface area contributed by atoms with Crippen LogP contribution in [0.1, 0.15) is 11.4 Å². The Bertz CT molecular complexity index is 927. The van der Waals surface area contributed by atoms with E-state index in [9.17, 15) is 9.59 Å². The zero-order chi connectivity index (χ0) is 16.4. The van der Waals surface area contributed by atoms with Gasteiger partial charge in [0.2, 0.25) is 5.91 Å². The van der Waals surface area contributed by atoms with Crippen molar-refractivity contribution in [3.8, 4) is 0 Å². The lowest BCUT2D eigenvalue weighted by molar-refractivity contribution is -0.116. The molecule has 1 aromatic heterocycles. The fourth-order valence-electron chi connectivity index (χ4n) is 2.45. The van der Waals surface area contributed by atoms with Crippen LogP contribution in [0.3, 0.4) is 0 Å². The number of aryl methyl sites for hydroxylation is 2. The third-order valence-corrected chi connectivity index (χ3v) is 3.69. The van der Waals surface area contributed by atoms with E-state index in [0.717, 1.165) is 5.56 Å². The SMILES string of the molecule is Cc1ccc(NC(=O)Cn2c(C)nc3ccccc3c2=O)cc1. The number of benzene rings is 2. The van der Waals surface area contributed by atoms with Gasteiger partial charge in [-0.1, -0.05) is 29.8 Å². The summed E-state index contributed by atoms with van der Waals surface area (Å²) in [4.78, 5) is 29.1. The van der Waals surface area contributed by atoms with E-state index < -0.39 is 0 Å². The number of nitrogens with one attached hydrogen (secondary N) is 1. The second-order valence-corrected chi connectivity index (χ2v) is 5.48. The monoisotopic (exact) mass is 307 g/mol. The first-order valence-corrected chi connectivity index (χ1v) is 7.37. The summed E-state index contributed by atoms with van der Waals surface area (Å²) in [6, 6.07) is 14.7. The lowest BCUT2D eigenvalue weighted by Gasteiger charge is -2.11. The number of hydrogen-bond acceptors (Lipinski definition) is 3. The molecule has 0 atom stereocenters. The number of carbonyl (C=O) groups is 1. The average Bonchev–Trinajstić information content (AvgIpc) is 2.54. The van der Waals surface area contributed by atoms with Crippen molar-refractivity contribution in [3.05, 3.63) is 70.3 Å². The number of carbonyl (C=O) groups excluding carboxylic acids is 1. The fraction of sp³-hybridized carbons (Fsp3) is 0.167. The molecule has 0 aliphatic heterocycles. The zero-order valence-electron chi connectivity index (χ0n) is 13.0. The van der Waals surface area contributed by atoms with Crippen molar-refractivity contribution < 1.29 is 4.79 Å². The van der Waals surface area contributed by atoms with Crippen molar-refractivity contribution in [2.45, 2.75) is 20.4 Å². The normalized spacial score (nSPS) is 10.7. The molecule has 0 bridgehead atoms. The Hall–Kier alpha value is -2.95. The minimum Gasteiger partial charge on any atom is -0.325 e. The van der Waals surface area contributed by atoms with Crippen molar-refractivity contribution in [3.63, 3.8) is 0 Å². The van der Waals surface area contributed by atoms with Crippen LogP contribution in [-0.4, -0.2) is 15.5 Å². The average molecular weight is 307 g/mol. The van der Waals surface area contributed by atoms with Crippen LogP contribution in [0.2, 0.25) is 0 Å². The highest BCUT2D eigenvalue weighted by Gasteiger charge is 2.11. The molecule has 3 rings (SSSR count). The lowest BCUT2D eigenvalue weighted by atomic mass is 10.2. The molecule has 116 valence electrons. The second kappa shape index (κ2) is 6.04. The molecule has 0 radical (unpaired) electrons. The van der Waals surface area contributed by atoms with Gasteiger partial charge in [0.1, 0.15) is 12.4 Å². The summed E-state index contributed by atoms with van der Waals surface area (Å²) < 4.78 is 1.39. The first kappa shape index (κ1) is 15.0. The highest BCUT2D eigenvalue weighted by Crippen LogP contribution is 2.10. The van der Waals surface area contributed by atoms with Gasteiger partial charge in [0.15, 0.2) is 0 Å². The molecule has 1 N–H and O–H groups in total. The first-order chi connectivity index (χ1) is 11.0. The van der Waals surface area contributed by atoms with E-state index in [0.29, 0.717) is 22.4 Å². The topological polar surface area (TPSA) is 64.0 Å². The van der Waals surface area contributed by atoms with Gasteiger partial charge in [0, 0.05) is 5.69 Å². The zero-order valence-corrected chi connectivity index (χ0v) is 13.0. The summed E-state index contributed by atoms with van der Waals surface area (Å²) in [7, 11) is 0. The van der Waals surface area contributed by atoms with Gasteiger partial charge in [0.05, 0.1) is 10.9 Å². The van der Waals surface area contributed by atoms with Gasteiger partial charge < -0.3 is 5.32 Å². The first-order valence-electron chi connectivity index (χ1n) is 7.37. The highest BCUT2D eigenvalue weighted by atomic mass is 16.2. The lowest BCUT2D eigenvalue weighted by Crippen LogP contribution is -2.30. The molecule has 2 aromatic carbocycles. The van der Waals surface area contributed by atoms with Crippen LogP contribution in [-0.2, 0) is 11.3 Å². The molecule has 0 aliphatic rings. The third-order valence-electron chi connectivity index (χ3n) is 3.69. The molecule has 0 unspecified atom stereocenters. The molecule has 0 aliphatic carbocycles. The maximum atomic E-state index is 12.5. The summed E-state index contributed by atoms with van der Waals surface area (Å²) in [5.74, 6) is 0.267. The van der Waals surface area contributed by atoms with Gasteiger partial charge in [-0.2, -0.15) is 0 Å². The van der Waals surface area contributed by atoms with E-state index in [2.05, 4.69) is 10.3 Å². The molecule has 0 saturated carbocycles. The molecule has 1 heterocycles. The van der Waals surface area contributed by atoms with Gasteiger partial charge in [-0.3, -0.25) is 14.2 Å². The molecule has 0 spiro atoms. The number of hydrogen-bond donors (Lipinski definition) is 1. The summed E-state index contributed by atoms with van der Waals surface area (Å²) in [5.41, 5.74) is 2.27. The standard InChI is InChI=1S/C18H17N3O2/c1-12-7-9-14(10-8-12)20-17(22)11-21-13(2)19-16-6-4-3-5-15(16)18(21)23/h3-10H,11H2,1-2H3,(H,20,22). The Morgan fingerprint density at radius 2 is 1.78 bits per heavy atom. The molecule has 23 heavy (non-hydrogen) atoms. The molecule has 5 heteroatoms. The molecule has 5 nitrogen and oxygen atoms in total. The van der Waals surface area contributed by atoms with Crippen molar-refractivity contribution >= 4 is 22.5 Å². The summed E-state index contributed by atoms with van der Waals surface area (Å²) in [6.07, 6.45) is 0. The van der Waals surface area contributed by atoms with E-state index in [1.807, 2.05) is 37.3 Å². The predicted molar refractivity (Wildman–Crippen MR) is 90.5 cm³/mol. The molecule has 0 fully saturated rings. The Kier molecular flexibility index (Phi) is 3.93. The third kappa shape index (κ3) is 3.13. The summed E-state index contributed by atoms with van der Waals surface area (Å²) >= 11 is 0.